The van der Waals surface area contributed by atoms with Crippen LogP contribution in [0.3, 0.4) is 0 Å². The van der Waals surface area contributed by atoms with Crippen molar-refractivity contribution in [3.8, 4) is 0 Å². The first-order chi connectivity index (χ1) is 9.85. The van der Waals surface area contributed by atoms with Gasteiger partial charge in [0.15, 0.2) is 0 Å². The highest BCUT2D eigenvalue weighted by molar-refractivity contribution is 6.16. The van der Waals surface area contributed by atoms with Gasteiger partial charge in [-0.1, -0.05) is 26.0 Å². The molecule has 108 valence electrons. The summed E-state index contributed by atoms with van der Waals surface area (Å²) in [6.45, 7) is 10.9. The molecule has 3 rings (SSSR count). The molecule has 1 aromatic rings. The summed E-state index contributed by atoms with van der Waals surface area (Å²) >= 11 is 0. The highest BCUT2D eigenvalue weighted by Crippen LogP contribution is 2.37. The molecule has 0 amide bonds. The number of benzene rings is 1. The molecule has 0 aliphatic carbocycles. The lowest BCUT2D eigenvalue weighted by atomic mass is 10.2. The normalized spacial score (nSPS) is 17.2. The molecule has 2 aliphatic rings. The molecule has 0 unspecified atom stereocenters. The molecular weight excluding hydrogens is 248 g/mol. The summed E-state index contributed by atoms with van der Waals surface area (Å²) in [7, 11) is 0. The number of fused-ring (bicyclic) bond motifs is 3. The highest BCUT2D eigenvalue weighted by Gasteiger charge is 2.33. The van der Waals surface area contributed by atoms with Crippen LogP contribution in [-0.4, -0.2) is 50.1 Å². The van der Waals surface area contributed by atoms with Gasteiger partial charge in [0.25, 0.3) is 0 Å². The van der Waals surface area contributed by atoms with Crippen molar-refractivity contribution in [2.24, 2.45) is 4.99 Å². The number of para-hydroxylation sites is 2. The Morgan fingerprint density at radius 3 is 2.65 bits per heavy atom. The second-order valence-corrected chi connectivity index (χ2v) is 5.35. The Hall–Kier alpha value is -1.55. The van der Waals surface area contributed by atoms with Crippen LogP contribution < -0.4 is 9.80 Å². The van der Waals surface area contributed by atoms with Crippen molar-refractivity contribution in [1.82, 2.24) is 4.90 Å². The van der Waals surface area contributed by atoms with Gasteiger partial charge in [0.1, 0.15) is 0 Å². The van der Waals surface area contributed by atoms with Gasteiger partial charge in [0.2, 0.25) is 5.96 Å². The predicted molar refractivity (Wildman–Crippen MR) is 85.8 cm³/mol. The van der Waals surface area contributed by atoms with Crippen molar-refractivity contribution in [2.45, 2.75) is 20.3 Å². The van der Waals surface area contributed by atoms with Gasteiger partial charge in [-0.15, -0.1) is 0 Å². The largest absolute Gasteiger partial charge is 0.310 e. The van der Waals surface area contributed by atoms with E-state index in [4.69, 9.17) is 4.99 Å². The van der Waals surface area contributed by atoms with Crippen LogP contribution in [0.4, 0.5) is 11.4 Å². The third kappa shape index (κ3) is 2.29. The molecule has 20 heavy (non-hydrogen) atoms. The minimum absolute atomic E-state index is 0.960. The van der Waals surface area contributed by atoms with E-state index in [9.17, 15) is 0 Å². The van der Waals surface area contributed by atoms with E-state index in [0.717, 1.165) is 51.6 Å². The van der Waals surface area contributed by atoms with Gasteiger partial charge in [-0.05, 0) is 31.6 Å². The Morgan fingerprint density at radius 2 is 1.90 bits per heavy atom. The molecule has 0 fully saturated rings. The molecule has 4 nitrogen and oxygen atoms in total. The van der Waals surface area contributed by atoms with Crippen LogP contribution in [0.1, 0.15) is 20.3 Å². The van der Waals surface area contributed by atoms with Gasteiger partial charge < -0.3 is 14.7 Å². The number of rotatable bonds is 5. The number of nitrogens with zero attached hydrogens (tertiary/aromatic N) is 4. The van der Waals surface area contributed by atoms with E-state index >= 15 is 0 Å². The zero-order chi connectivity index (χ0) is 13.9. The van der Waals surface area contributed by atoms with Crippen LogP contribution in [0, 0.1) is 0 Å². The molecule has 0 aromatic heterocycles. The lowest BCUT2D eigenvalue weighted by Crippen LogP contribution is -2.44. The van der Waals surface area contributed by atoms with Crippen molar-refractivity contribution in [3.63, 3.8) is 0 Å². The first-order valence-corrected chi connectivity index (χ1v) is 7.76. The van der Waals surface area contributed by atoms with Crippen LogP contribution in [0.15, 0.2) is 29.3 Å². The summed E-state index contributed by atoms with van der Waals surface area (Å²) in [5.41, 5.74) is 2.64. The topological polar surface area (TPSA) is 22.1 Å². The van der Waals surface area contributed by atoms with E-state index in [0.29, 0.717) is 0 Å². The van der Waals surface area contributed by atoms with Gasteiger partial charge >= 0.3 is 0 Å². The molecule has 0 saturated heterocycles. The quantitative estimate of drug-likeness (QED) is 0.822. The molecule has 0 radical (unpaired) electrons. The van der Waals surface area contributed by atoms with Gasteiger partial charge in [-0.25, -0.2) is 0 Å². The van der Waals surface area contributed by atoms with Crippen LogP contribution >= 0.6 is 0 Å². The van der Waals surface area contributed by atoms with Gasteiger partial charge in [0, 0.05) is 26.2 Å². The maximum Gasteiger partial charge on any atom is 0.205 e. The third-order valence-corrected chi connectivity index (χ3v) is 4.27. The number of anilines is 2. The van der Waals surface area contributed by atoms with E-state index in [1.54, 1.807) is 0 Å². The van der Waals surface area contributed by atoms with Crippen LogP contribution in [0.25, 0.3) is 0 Å². The average molecular weight is 272 g/mol. The van der Waals surface area contributed by atoms with E-state index in [-0.39, 0.29) is 0 Å². The fourth-order valence-electron chi connectivity index (χ4n) is 3.08. The number of hydrogen-bond acceptors (Lipinski definition) is 4. The van der Waals surface area contributed by atoms with Crippen molar-refractivity contribution in [2.75, 3.05) is 49.1 Å². The summed E-state index contributed by atoms with van der Waals surface area (Å²) < 4.78 is 0. The first-order valence-electron chi connectivity index (χ1n) is 7.76. The van der Waals surface area contributed by atoms with Crippen molar-refractivity contribution in [3.05, 3.63) is 24.3 Å². The molecule has 4 heteroatoms. The number of guanidine groups is 1. The lowest BCUT2D eigenvalue weighted by molar-refractivity contribution is 0.313. The summed E-state index contributed by atoms with van der Waals surface area (Å²) in [5.74, 6) is 1.16. The molecule has 0 saturated carbocycles. The monoisotopic (exact) mass is 272 g/mol. The van der Waals surface area contributed by atoms with Crippen LogP contribution in [-0.2, 0) is 0 Å². The number of aliphatic imine (C=N–C) groups is 1. The maximum atomic E-state index is 4.77. The van der Waals surface area contributed by atoms with E-state index in [1.807, 2.05) is 0 Å². The molecule has 0 spiro atoms. The van der Waals surface area contributed by atoms with Crippen LogP contribution in [0.2, 0.25) is 0 Å². The van der Waals surface area contributed by atoms with Crippen LogP contribution in [0.5, 0.6) is 0 Å². The lowest BCUT2D eigenvalue weighted by Gasteiger charge is -2.28. The zero-order valence-corrected chi connectivity index (χ0v) is 12.5. The molecular formula is C16H24N4. The molecule has 0 bridgehead atoms. The summed E-state index contributed by atoms with van der Waals surface area (Å²) in [6.07, 6.45) is 1.15. The predicted octanol–water partition coefficient (Wildman–Crippen LogP) is 2.41. The molecule has 2 aliphatic heterocycles. The Bertz CT molecular complexity index is 493. The molecule has 2 heterocycles. The second-order valence-electron chi connectivity index (χ2n) is 5.35. The Kier molecular flexibility index (Phi) is 3.92. The van der Waals surface area contributed by atoms with E-state index < -0.39 is 0 Å². The molecule has 1 aromatic carbocycles. The summed E-state index contributed by atoms with van der Waals surface area (Å²) in [4.78, 5) is 12.0. The zero-order valence-electron chi connectivity index (χ0n) is 12.5. The van der Waals surface area contributed by atoms with Crippen molar-refractivity contribution >= 4 is 17.3 Å². The summed E-state index contributed by atoms with van der Waals surface area (Å²) in [6, 6.07) is 8.69. The fourth-order valence-corrected chi connectivity index (χ4v) is 3.08. The Morgan fingerprint density at radius 1 is 1.15 bits per heavy atom. The minimum atomic E-state index is 0.960. The van der Waals surface area contributed by atoms with Gasteiger partial charge in [-0.3, -0.25) is 4.99 Å². The molecule has 0 N–H and O–H groups in total. The SMILES string of the molecule is CCN(CC)CCN1C2=NCCCN2c2ccccc21. The number of likely N-dealkylation sites (N-methyl/N-ethyl adjacent to an activating group) is 1. The molecule has 0 atom stereocenters. The smallest absolute Gasteiger partial charge is 0.205 e. The first kappa shape index (κ1) is 13.4. The standard InChI is InChI=1S/C16H24N4/c1-3-18(4-2)12-13-20-15-9-6-5-8-14(15)19-11-7-10-17-16(19)20/h5-6,8-9H,3-4,7,10-13H2,1-2H3. The number of hydrogen-bond donors (Lipinski definition) is 0. The second kappa shape index (κ2) is 5.83. The van der Waals surface area contributed by atoms with E-state index in [2.05, 4.69) is 52.8 Å². The highest BCUT2D eigenvalue weighted by atomic mass is 15.4. The average Bonchev–Trinajstić information content (AvgIpc) is 2.83. The van der Waals surface area contributed by atoms with E-state index in [1.165, 1.54) is 11.4 Å². The van der Waals surface area contributed by atoms with Crippen molar-refractivity contribution < 1.29 is 0 Å². The summed E-state index contributed by atoms with van der Waals surface area (Å²) in [5, 5.41) is 0. The third-order valence-electron chi connectivity index (χ3n) is 4.27. The van der Waals surface area contributed by atoms with Gasteiger partial charge in [0.05, 0.1) is 11.4 Å². The Labute approximate surface area is 121 Å². The Balaban J connectivity index is 1.83. The van der Waals surface area contributed by atoms with Crippen molar-refractivity contribution in [1.29, 1.82) is 0 Å². The fraction of sp³-hybridized carbons (Fsp3) is 0.562. The van der Waals surface area contributed by atoms with Gasteiger partial charge in [-0.2, -0.15) is 0 Å². The maximum absolute atomic E-state index is 4.77. The minimum Gasteiger partial charge on any atom is -0.310 e.